The van der Waals surface area contributed by atoms with Crippen LogP contribution in [0.2, 0.25) is 0 Å². The zero-order valence-corrected chi connectivity index (χ0v) is 28.7. The summed E-state index contributed by atoms with van der Waals surface area (Å²) in [5.41, 5.74) is 14.0. The van der Waals surface area contributed by atoms with Crippen LogP contribution in [0.15, 0.2) is 127 Å². The number of hydrogen-bond donors (Lipinski definition) is 0. The Labute approximate surface area is 289 Å². The van der Waals surface area contributed by atoms with Gasteiger partial charge in [-0.15, -0.1) is 0 Å². The molecule has 0 fully saturated rings. The number of benzene rings is 6. The second-order valence-corrected chi connectivity index (χ2v) is 13.1. The summed E-state index contributed by atoms with van der Waals surface area (Å²) in [4.78, 5) is 0. The van der Waals surface area contributed by atoms with E-state index in [1.165, 1.54) is 89.0 Å². The van der Waals surface area contributed by atoms with E-state index in [1.807, 2.05) is 0 Å². The Morgan fingerprint density at radius 3 is 1.43 bits per heavy atom. The molecule has 8 rings (SSSR count). The Morgan fingerprint density at radius 1 is 0.408 bits per heavy atom. The van der Waals surface area contributed by atoms with Gasteiger partial charge in [0.05, 0.1) is 0 Å². The Kier molecular flexibility index (Phi) is 8.23. The zero-order valence-electron chi connectivity index (χ0n) is 28.7. The molecule has 0 aliphatic rings. The van der Waals surface area contributed by atoms with Gasteiger partial charge in [-0.3, -0.25) is 0 Å². The third kappa shape index (κ3) is 5.78. The lowest BCUT2D eigenvalue weighted by Crippen LogP contribution is -1.93. The van der Waals surface area contributed by atoms with E-state index in [1.54, 1.807) is 0 Å². The number of hydrogen-bond acceptors (Lipinski definition) is 0. The number of aromatic nitrogens is 2. The Morgan fingerprint density at radius 2 is 0.878 bits per heavy atom. The highest BCUT2D eigenvalue weighted by molar-refractivity contribution is 6.10. The van der Waals surface area contributed by atoms with Crippen molar-refractivity contribution >= 4 is 67.9 Å². The molecular formula is C47H42N2. The SMILES string of the molecule is CCCc1ccc2c3cc(/C=C/c4ccc(-c5ccc(/C=C/c6ccc7c(c6)c6ccccc6n7CC)cc5)cc4)ccc3n(CC)c2c1. The highest BCUT2D eigenvalue weighted by Gasteiger charge is 2.11. The first-order chi connectivity index (χ1) is 24.1. The van der Waals surface area contributed by atoms with Gasteiger partial charge in [0, 0.05) is 56.7 Å². The summed E-state index contributed by atoms with van der Waals surface area (Å²) < 4.78 is 4.85. The van der Waals surface area contributed by atoms with Crippen molar-refractivity contribution in [1.82, 2.24) is 9.13 Å². The minimum absolute atomic E-state index is 0.966. The van der Waals surface area contributed by atoms with Crippen molar-refractivity contribution < 1.29 is 0 Å². The smallest absolute Gasteiger partial charge is 0.0494 e. The number of fused-ring (bicyclic) bond motifs is 6. The third-order valence-electron chi connectivity index (χ3n) is 10.0. The predicted octanol–water partition coefficient (Wildman–Crippen LogP) is 12.9. The summed E-state index contributed by atoms with van der Waals surface area (Å²) in [7, 11) is 0. The molecule has 2 heterocycles. The molecule has 0 bridgehead atoms. The fourth-order valence-corrected chi connectivity index (χ4v) is 7.53. The summed E-state index contributed by atoms with van der Waals surface area (Å²) in [5, 5.41) is 5.31. The lowest BCUT2D eigenvalue weighted by Gasteiger charge is -2.05. The van der Waals surface area contributed by atoms with Crippen molar-refractivity contribution in [1.29, 1.82) is 0 Å². The van der Waals surface area contributed by atoms with Gasteiger partial charge in [-0.2, -0.15) is 0 Å². The van der Waals surface area contributed by atoms with Crippen LogP contribution in [0.5, 0.6) is 0 Å². The van der Waals surface area contributed by atoms with Crippen molar-refractivity contribution in [3.63, 3.8) is 0 Å². The molecule has 0 spiro atoms. The molecule has 240 valence electrons. The van der Waals surface area contributed by atoms with Crippen LogP contribution in [0.25, 0.3) is 79.0 Å². The first kappa shape index (κ1) is 30.7. The quantitative estimate of drug-likeness (QED) is 0.140. The first-order valence-electron chi connectivity index (χ1n) is 17.8. The summed E-state index contributed by atoms with van der Waals surface area (Å²) in [6.07, 6.45) is 11.2. The molecule has 8 aromatic rings. The minimum Gasteiger partial charge on any atom is -0.341 e. The van der Waals surface area contributed by atoms with Gasteiger partial charge in [0.1, 0.15) is 0 Å². The molecule has 2 aromatic heterocycles. The van der Waals surface area contributed by atoms with E-state index in [0.717, 1.165) is 19.5 Å². The largest absolute Gasteiger partial charge is 0.341 e. The molecular weight excluding hydrogens is 593 g/mol. The van der Waals surface area contributed by atoms with Crippen LogP contribution in [-0.4, -0.2) is 9.13 Å². The summed E-state index contributed by atoms with van der Waals surface area (Å²) in [6.45, 7) is 8.64. The van der Waals surface area contributed by atoms with Gasteiger partial charge in [-0.05, 0) is 95.6 Å². The molecule has 0 saturated carbocycles. The first-order valence-corrected chi connectivity index (χ1v) is 17.8. The maximum absolute atomic E-state index is 2.45. The maximum Gasteiger partial charge on any atom is 0.0494 e. The fraction of sp³-hybridized carbons (Fsp3) is 0.149. The van der Waals surface area contributed by atoms with E-state index in [9.17, 15) is 0 Å². The third-order valence-corrected chi connectivity index (χ3v) is 10.0. The van der Waals surface area contributed by atoms with Gasteiger partial charge in [-0.1, -0.05) is 129 Å². The Bertz CT molecular complexity index is 2500. The molecule has 0 radical (unpaired) electrons. The number of para-hydroxylation sites is 1. The van der Waals surface area contributed by atoms with E-state index in [4.69, 9.17) is 0 Å². The summed E-state index contributed by atoms with van der Waals surface area (Å²) >= 11 is 0. The lowest BCUT2D eigenvalue weighted by molar-refractivity contribution is 0.825. The van der Waals surface area contributed by atoms with Crippen LogP contribution >= 0.6 is 0 Å². The molecule has 0 atom stereocenters. The average molecular weight is 635 g/mol. The van der Waals surface area contributed by atoms with Crippen LogP contribution in [0.1, 0.15) is 55.0 Å². The Hall–Kier alpha value is -5.60. The molecule has 0 aliphatic carbocycles. The fourth-order valence-electron chi connectivity index (χ4n) is 7.53. The van der Waals surface area contributed by atoms with Crippen LogP contribution in [0, 0.1) is 0 Å². The van der Waals surface area contributed by atoms with Gasteiger partial charge in [-0.25, -0.2) is 0 Å². The molecule has 0 saturated heterocycles. The number of aryl methyl sites for hydroxylation is 3. The highest BCUT2D eigenvalue weighted by atomic mass is 15.0. The van der Waals surface area contributed by atoms with Crippen LogP contribution in [0.4, 0.5) is 0 Å². The minimum atomic E-state index is 0.966. The Balaban J connectivity index is 0.974. The molecule has 0 amide bonds. The second-order valence-electron chi connectivity index (χ2n) is 13.1. The van der Waals surface area contributed by atoms with E-state index >= 15 is 0 Å². The van der Waals surface area contributed by atoms with Crippen molar-refractivity contribution in [2.75, 3.05) is 0 Å². The van der Waals surface area contributed by atoms with Crippen molar-refractivity contribution in [3.05, 3.63) is 155 Å². The lowest BCUT2D eigenvalue weighted by atomic mass is 10.0. The van der Waals surface area contributed by atoms with Crippen molar-refractivity contribution in [2.24, 2.45) is 0 Å². The topological polar surface area (TPSA) is 9.86 Å². The molecule has 0 aliphatic heterocycles. The average Bonchev–Trinajstić information content (AvgIpc) is 3.64. The summed E-state index contributed by atoms with van der Waals surface area (Å²) in [5.74, 6) is 0. The zero-order chi connectivity index (χ0) is 33.3. The molecule has 6 aromatic carbocycles. The van der Waals surface area contributed by atoms with Crippen LogP contribution < -0.4 is 0 Å². The number of nitrogens with zero attached hydrogens (tertiary/aromatic N) is 2. The monoisotopic (exact) mass is 634 g/mol. The molecule has 2 heteroatoms. The van der Waals surface area contributed by atoms with Crippen LogP contribution in [-0.2, 0) is 19.5 Å². The molecule has 0 unspecified atom stereocenters. The predicted molar refractivity (Wildman–Crippen MR) is 214 cm³/mol. The molecule has 0 N–H and O–H groups in total. The highest BCUT2D eigenvalue weighted by Crippen LogP contribution is 2.32. The van der Waals surface area contributed by atoms with Gasteiger partial charge in [0.2, 0.25) is 0 Å². The van der Waals surface area contributed by atoms with Crippen molar-refractivity contribution in [3.8, 4) is 11.1 Å². The van der Waals surface area contributed by atoms with E-state index < -0.39 is 0 Å². The van der Waals surface area contributed by atoms with Gasteiger partial charge >= 0.3 is 0 Å². The van der Waals surface area contributed by atoms with Crippen LogP contribution in [0.3, 0.4) is 0 Å². The van der Waals surface area contributed by atoms with Crippen molar-refractivity contribution in [2.45, 2.75) is 46.7 Å². The van der Waals surface area contributed by atoms with E-state index in [2.05, 4.69) is 182 Å². The standard InChI is InChI=1S/C47H42N2/c1-4-9-35-20-27-41-43-31-37(22-29-46(43)49(6-3)47(41)32-35)15-13-34-18-25-39(26-19-34)38-23-16-33(17-24-38)12-14-36-21-28-45-42(30-36)40-10-7-8-11-44(40)48(45)5-2/h7-8,10-32H,4-6,9H2,1-3H3/b14-12+,15-13+. The normalized spacial score (nSPS) is 12.1. The molecule has 49 heavy (non-hydrogen) atoms. The summed E-state index contributed by atoms with van der Waals surface area (Å²) in [6, 6.07) is 47.1. The second kappa shape index (κ2) is 13.1. The number of rotatable bonds is 9. The molecule has 2 nitrogen and oxygen atoms in total. The van der Waals surface area contributed by atoms with E-state index in [0.29, 0.717) is 0 Å². The van der Waals surface area contributed by atoms with E-state index in [-0.39, 0.29) is 0 Å². The van der Waals surface area contributed by atoms with Gasteiger partial charge in [0.25, 0.3) is 0 Å². The van der Waals surface area contributed by atoms with Gasteiger partial charge in [0.15, 0.2) is 0 Å². The van der Waals surface area contributed by atoms with Gasteiger partial charge < -0.3 is 9.13 Å². The maximum atomic E-state index is 2.45.